The summed E-state index contributed by atoms with van der Waals surface area (Å²) in [5, 5.41) is 0. The molecule has 1 N–H and O–H groups in total. The molecule has 2 aliphatic rings. The quantitative estimate of drug-likeness (QED) is 0.808. The molecule has 5 nitrogen and oxygen atoms in total. The minimum Gasteiger partial charge on any atom is -0.341 e. The molecule has 1 aliphatic heterocycles. The van der Waals surface area contributed by atoms with Crippen LogP contribution in [0.4, 0.5) is 0 Å². The molecule has 1 saturated heterocycles. The standard InChI is InChI=1S/C14H26N2O3S/c1-2-16-11-13(10-14(16)17)15-20(18,19)9-8-12-6-4-3-5-7-12/h12-13,15H,2-11H2,1H3. The van der Waals surface area contributed by atoms with Crippen molar-refractivity contribution in [2.24, 2.45) is 5.92 Å². The minimum absolute atomic E-state index is 0.0486. The molecular weight excluding hydrogens is 276 g/mol. The Morgan fingerprint density at radius 3 is 2.55 bits per heavy atom. The Kier molecular flexibility index (Phi) is 5.43. The third-order valence-corrected chi connectivity index (χ3v) is 5.93. The number of amides is 1. The van der Waals surface area contributed by atoms with Crippen LogP contribution in [-0.2, 0) is 14.8 Å². The van der Waals surface area contributed by atoms with Crippen molar-refractivity contribution in [3.05, 3.63) is 0 Å². The van der Waals surface area contributed by atoms with Gasteiger partial charge in [0.05, 0.1) is 5.75 Å². The van der Waals surface area contributed by atoms with E-state index in [1.807, 2.05) is 6.92 Å². The summed E-state index contributed by atoms with van der Waals surface area (Å²) in [7, 11) is -3.25. The summed E-state index contributed by atoms with van der Waals surface area (Å²) >= 11 is 0. The van der Waals surface area contributed by atoms with E-state index in [2.05, 4.69) is 4.72 Å². The van der Waals surface area contributed by atoms with Crippen LogP contribution >= 0.6 is 0 Å². The van der Waals surface area contributed by atoms with E-state index in [1.165, 1.54) is 32.1 Å². The summed E-state index contributed by atoms with van der Waals surface area (Å²) in [6.45, 7) is 3.08. The zero-order valence-electron chi connectivity index (χ0n) is 12.3. The van der Waals surface area contributed by atoms with Gasteiger partial charge in [-0.25, -0.2) is 13.1 Å². The van der Waals surface area contributed by atoms with Gasteiger partial charge in [0.15, 0.2) is 0 Å². The summed E-state index contributed by atoms with van der Waals surface area (Å²) in [6.07, 6.45) is 7.16. The summed E-state index contributed by atoms with van der Waals surface area (Å²) in [5.74, 6) is 0.819. The van der Waals surface area contributed by atoms with Gasteiger partial charge in [-0.15, -0.1) is 0 Å². The summed E-state index contributed by atoms with van der Waals surface area (Å²) in [6, 6.07) is -0.237. The Morgan fingerprint density at radius 1 is 1.25 bits per heavy atom. The maximum absolute atomic E-state index is 12.1. The molecule has 6 heteroatoms. The van der Waals surface area contributed by atoms with Gasteiger partial charge in [0.2, 0.25) is 15.9 Å². The van der Waals surface area contributed by atoms with E-state index >= 15 is 0 Å². The lowest BCUT2D eigenvalue weighted by Gasteiger charge is -2.21. The Morgan fingerprint density at radius 2 is 1.95 bits per heavy atom. The fourth-order valence-corrected chi connectivity index (χ4v) is 4.69. The first kappa shape index (κ1) is 15.8. The number of hydrogen-bond acceptors (Lipinski definition) is 3. The van der Waals surface area contributed by atoms with Crippen LogP contribution in [0.1, 0.15) is 51.9 Å². The van der Waals surface area contributed by atoms with Gasteiger partial charge in [-0.2, -0.15) is 0 Å². The second-order valence-electron chi connectivity index (χ2n) is 6.06. The first-order valence-electron chi connectivity index (χ1n) is 7.78. The smallest absolute Gasteiger partial charge is 0.224 e. The molecule has 0 aromatic heterocycles. The normalized spacial score (nSPS) is 25.4. The van der Waals surface area contributed by atoms with Gasteiger partial charge in [-0.05, 0) is 19.3 Å². The molecule has 1 amide bonds. The van der Waals surface area contributed by atoms with Crippen LogP contribution < -0.4 is 4.72 Å². The van der Waals surface area contributed by atoms with E-state index in [9.17, 15) is 13.2 Å². The molecule has 1 unspecified atom stereocenters. The second kappa shape index (κ2) is 6.89. The monoisotopic (exact) mass is 302 g/mol. The molecule has 0 radical (unpaired) electrons. The van der Waals surface area contributed by atoms with Crippen LogP contribution in [0.25, 0.3) is 0 Å². The van der Waals surface area contributed by atoms with Crippen molar-refractivity contribution in [3.63, 3.8) is 0 Å². The number of nitrogens with zero attached hydrogens (tertiary/aromatic N) is 1. The Bertz CT molecular complexity index is 430. The second-order valence-corrected chi connectivity index (χ2v) is 7.94. The van der Waals surface area contributed by atoms with Crippen molar-refractivity contribution >= 4 is 15.9 Å². The van der Waals surface area contributed by atoms with E-state index in [4.69, 9.17) is 0 Å². The first-order valence-corrected chi connectivity index (χ1v) is 9.43. The van der Waals surface area contributed by atoms with Crippen molar-refractivity contribution in [2.75, 3.05) is 18.8 Å². The number of rotatable bonds is 6. The maximum atomic E-state index is 12.1. The third kappa shape index (κ3) is 4.45. The van der Waals surface area contributed by atoms with Gasteiger partial charge in [0.25, 0.3) is 0 Å². The fraction of sp³-hybridized carbons (Fsp3) is 0.929. The number of sulfonamides is 1. The third-order valence-electron chi connectivity index (χ3n) is 4.46. The Hall–Kier alpha value is -0.620. The highest BCUT2D eigenvalue weighted by molar-refractivity contribution is 7.89. The molecule has 0 spiro atoms. The maximum Gasteiger partial charge on any atom is 0.224 e. The lowest BCUT2D eigenvalue weighted by atomic mass is 9.88. The van der Waals surface area contributed by atoms with E-state index in [1.54, 1.807) is 4.90 Å². The van der Waals surface area contributed by atoms with Crippen molar-refractivity contribution in [2.45, 2.75) is 57.9 Å². The zero-order chi connectivity index (χ0) is 14.6. The molecule has 1 aliphatic carbocycles. The predicted molar refractivity (Wildman–Crippen MR) is 78.8 cm³/mol. The number of hydrogen-bond donors (Lipinski definition) is 1. The van der Waals surface area contributed by atoms with Crippen LogP contribution in [0.15, 0.2) is 0 Å². The van der Waals surface area contributed by atoms with Crippen LogP contribution in [0.2, 0.25) is 0 Å². The average Bonchev–Trinajstić information content (AvgIpc) is 2.77. The highest BCUT2D eigenvalue weighted by Gasteiger charge is 2.31. The lowest BCUT2D eigenvalue weighted by molar-refractivity contribution is -0.127. The molecular formula is C14H26N2O3S. The molecule has 116 valence electrons. The van der Waals surface area contributed by atoms with Gasteiger partial charge in [-0.1, -0.05) is 32.1 Å². The Labute approximate surface area is 122 Å². The molecule has 2 rings (SSSR count). The molecule has 20 heavy (non-hydrogen) atoms. The van der Waals surface area contributed by atoms with Gasteiger partial charge in [0.1, 0.15) is 0 Å². The van der Waals surface area contributed by atoms with Crippen molar-refractivity contribution < 1.29 is 13.2 Å². The lowest BCUT2D eigenvalue weighted by Crippen LogP contribution is -2.38. The SMILES string of the molecule is CCN1CC(NS(=O)(=O)CCC2CCCCC2)CC1=O. The zero-order valence-corrected chi connectivity index (χ0v) is 13.1. The van der Waals surface area contributed by atoms with Crippen molar-refractivity contribution in [3.8, 4) is 0 Å². The van der Waals surface area contributed by atoms with Gasteiger partial charge in [0, 0.05) is 25.6 Å². The van der Waals surface area contributed by atoms with Gasteiger partial charge >= 0.3 is 0 Å². The minimum atomic E-state index is -3.25. The molecule has 0 bridgehead atoms. The van der Waals surface area contributed by atoms with Crippen LogP contribution in [0, 0.1) is 5.92 Å². The summed E-state index contributed by atoms with van der Waals surface area (Å²) < 4.78 is 26.9. The highest BCUT2D eigenvalue weighted by atomic mass is 32.2. The average molecular weight is 302 g/mol. The van der Waals surface area contributed by atoms with Gasteiger partial charge < -0.3 is 4.90 Å². The topological polar surface area (TPSA) is 66.5 Å². The number of likely N-dealkylation sites (tertiary alicyclic amines) is 1. The molecule has 0 aromatic rings. The molecule has 0 aromatic carbocycles. The van der Waals surface area contributed by atoms with Gasteiger partial charge in [-0.3, -0.25) is 4.79 Å². The number of carbonyl (C=O) groups is 1. The first-order chi connectivity index (χ1) is 9.50. The molecule has 1 saturated carbocycles. The number of carbonyl (C=O) groups excluding carboxylic acids is 1. The van der Waals surface area contributed by atoms with E-state index < -0.39 is 10.0 Å². The van der Waals surface area contributed by atoms with Crippen LogP contribution in [0.5, 0.6) is 0 Å². The van der Waals surface area contributed by atoms with Crippen molar-refractivity contribution in [1.82, 2.24) is 9.62 Å². The van der Waals surface area contributed by atoms with E-state index in [-0.39, 0.29) is 17.7 Å². The van der Waals surface area contributed by atoms with E-state index in [0.29, 0.717) is 25.4 Å². The van der Waals surface area contributed by atoms with Crippen LogP contribution in [-0.4, -0.2) is 44.1 Å². The summed E-state index contributed by atoms with van der Waals surface area (Å²) in [5.41, 5.74) is 0. The molecule has 2 fully saturated rings. The van der Waals surface area contributed by atoms with Crippen molar-refractivity contribution in [1.29, 1.82) is 0 Å². The van der Waals surface area contributed by atoms with E-state index in [0.717, 1.165) is 6.42 Å². The highest BCUT2D eigenvalue weighted by Crippen LogP contribution is 2.26. The fourth-order valence-electron chi connectivity index (χ4n) is 3.27. The number of nitrogens with one attached hydrogen (secondary N) is 1. The molecule has 1 heterocycles. The predicted octanol–water partition coefficient (Wildman–Crippen LogP) is 1.50. The van der Waals surface area contributed by atoms with Crippen LogP contribution in [0.3, 0.4) is 0 Å². The number of likely N-dealkylation sites (N-methyl/N-ethyl adjacent to an activating group) is 1. The summed E-state index contributed by atoms with van der Waals surface area (Å²) in [4.78, 5) is 13.3. The largest absolute Gasteiger partial charge is 0.341 e. The Balaban J connectivity index is 1.77. The molecule has 1 atom stereocenters.